The van der Waals surface area contributed by atoms with Gasteiger partial charge in [-0.05, 0) is 34.9 Å². The van der Waals surface area contributed by atoms with Crippen molar-refractivity contribution < 1.29 is 13.8 Å². The Morgan fingerprint density at radius 2 is 2.24 bits per heavy atom. The third-order valence-electron chi connectivity index (χ3n) is 2.87. The average Bonchev–Trinajstić information content (AvgIpc) is 2.89. The van der Waals surface area contributed by atoms with Crippen molar-refractivity contribution in [2.75, 3.05) is 6.61 Å². The first-order valence-corrected chi connectivity index (χ1v) is 6.30. The minimum absolute atomic E-state index is 0.168. The van der Waals surface area contributed by atoms with Crippen molar-refractivity contribution in [2.24, 2.45) is 0 Å². The van der Waals surface area contributed by atoms with Crippen LogP contribution in [0.25, 0.3) is 11.3 Å². The van der Waals surface area contributed by atoms with Crippen molar-refractivity contribution in [3.8, 4) is 5.75 Å². The number of hydrogen-bond donors (Lipinski definition) is 1. The van der Waals surface area contributed by atoms with Gasteiger partial charge in [-0.2, -0.15) is 0 Å². The molecule has 0 radical (unpaired) electrons. The fourth-order valence-corrected chi connectivity index (χ4v) is 1.93. The summed E-state index contributed by atoms with van der Waals surface area (Å²) in [6.45, 7) is 2.16. The second-order valence-corrected chi connectivity index (χ2v) is 4.32. The molecular weight excluding hydrogens is 279 g/mol. The highest BCUT2D eigenvalue weighted by molar-refractivity contribution is 5.62. The summed E-state index contributed by atoms with van der Waals surface area (Å²) in [6, 6.07) is 4.52. The number of ether oxygens (including phenoxy) is 1. The molecule has 1 aromatic carbocycles. The Kier molecular flexibility index (Phi) is 3.35. The Hall–Kier alpha value is -2.77. The Balaban J connectivity index is 1.92. The van der Waals surface area contributed by atoms with Gasteiger partial charge >= 0.3 is 0 Å². The van der Waals surface area contributed by atoms with Crippen molar-refractivity contribution in [1.82, 2.24) is 20.3 Å². The highest BCUT2D eigenvalue weighted by atomic mass is 19.1. The fraction of sp³-hybridized carbons (Fsp3) is 0.231. The molecule has 108 valence electrons. The summed E-state index contributed by atoms with van der Waals surface area (Å²) in [6.07, 6.45) is 0.168. The number of halogens is 1. The Morgan fingerprint density at radius 3 is 3.00 bits per heavy atom. The Labute approximate surface area is 117 Å². The molecule has 7 nitrogen and oxygen atoms in total. The van der Waals surface area contributed by atoms with Gasteiger partial charge in [0.25, 0.3) is 5.56 Å². The largest absolute Gasteiger partial charge is 0.491 e. The number of aromatic amines is 1. The van der Waals surface area contributed by atoms with Crippen LogP contribution in [0.2, 0.25) is 0 Å². The van der Waals surface area contributed by atoms with Gasteiger partial charge in [0.05, 0.1) is 6.61 Å². The van der Waals surface area contributed by atoms with Gasteiger partial charge in [0, 0.05) is 6.42 Å². The summed E-state index contributed by atoms with van der Waals surface area (Å²) in [7, 11) is 0. The number of nitrogens with zero attached hydrogens (tertiary/aromatic N) is 3. The normalized spacial score (nSPS) is 11.0. The van der Waals surface area contributed by atoms with Crippen LogP contribution in [0.15, 0.2) is 27.6 Å². The van der Waals surface area contributed by atoms with Gasteiger partial charge < -0.3 is 4.74 Å². The van der Waals surface area contributed by atoms with E-state index in [4.69, 9.17) is 4.74 Å². The highest BCUT2D eigenvalue weighted by Crippen LogP contribution is 2.19. The molecule has 0 aliphatic rings. The van der Waals surface area contributed by atoms with Crippen LogP contribution >= 0.6 is 0 Å². The zero-order valence-electron chi connectivity index (χ0n) is 11.1. The third-order valence-corrected chi connectivity index (χ3v) is 2.87. The van der Waals surface area contributed by atoms with Crippen LogP contribution in [-0.4, -0.2) is 26.9 Å². The molecule has 0 amide bonds. The maximum absolute atomic E-state index is 13.8. The Morgan fingerprint density at radius 1 is 1.38 bits per heavy atom. The van der Waals surface area contributed by atoms with Crippen LogP contribution < -0.4 is 10.3 Å². The molecular formula is C13H11FN4O3. The summed E-state index contributed by atoms with van der Waals surface area (Å²) in [5.74, 6) is -0.297. The molecule has 0 aliphatic carbocycles. The van der Waals surface area contributed by atoms with Gasteiger partial charge in [0.2, 0.25) is 11.3 Å². The van der Waals surface area contributed by atoms with E-state index in [-0.39, 0.29) is 29.2 Å². The van der Waals surface area contributed by atoms with Crippen LogP contribution in [0.4, 0.5) is 4.39 Å². The van der Waals surface area contributed by atoms with Crippen LogP contribution in [0.3, 0.4) is 0 Å². The topological polar surface area (TPSA) is 93.9 Å². The van der Waals surface area contributed by atoms with Crippen LogP contribution in [-0.2, 0) is 6.42 Å². The van der Waals surface area contributed by atoms with Gasteiger partial charge in [0.1, 0.15) is 5.69 Å². The van der Waals surface area contributed by atoms with E-state index in [1.54, 1.807) is 13.0 Å². The molecule has 3 aromatic rings. The number of H-pyrrole nitrogens is 1. The van der Waals surface area contributed by atoms with E-state index in [1.165, 1.54) is 12.1 Å². The average molecular weight is 290 g/mol. The Bertz CT molecular complexity index is 843. The number of rotatable bonds is 4. The van der Waals surface area contributed by atoms with Crippen LogP contribution in [0.1, 0.15) is 18.2 Å². The summed E-state index contributed by atoms with van der Waals surface area (Å²) < 4.78 is 23.4. The number of aromatic nitrogens is 4. The molecule has 1 N–H and O–H groups in total. The van der Waals surface area contributed by atoms with Crippen molar-refractivity contribution in [3.05, 3.63) is 45.6 Å². The van der Waals surface area contributed by atoms with Gasteiger partial charge in [0.15, 0.2) is 11.6 Å². The summed E-state index contributed by atoms with van der Waals surface area (Å²) in [4.78, 5) is 18.4. The number of nitrogens with one attached hydrogen (secondary N) is 1. The maximum Gasteiger partial charge on any atom is 0.271 e. The molecule has 0 fully saturated rings. The van der Waals surface area contributed by atoms with E-state index in [0.717, 1.165) is 0 Å². The first-order chi connectivity index (χ1) is 10.2. The summed E-state index contributed by atoms with van der Waals surface area (Å²) in [5, 5.41) is 7.05. The van der Waals surface area contributed by atoms with Crippen molar-refractivity contribution in [3.63, 3.8) is 0 Å². The molecule has 8 heteroatoms. The predicted molar refractivity (Wildman–Crippen MR) is 70.6 cm³/mol. The van der Waals surface area contributed by atoms with Gasteiger partial charge in [-0.1, -0.05) is 6.07 Å². The van der Waals surface area contributed by atoms with Crippen molar-refractivity contribution in [2.45, 2.75) is 13.3 Å². The van der Waals surface area contributed by atoms with E-state index in [9.17, 15) is 9.18 Å². The van der Waals surface area contributed by atoms with E-state index in [1.807, 2.05) is 0 Å². The lowest BCUT2D eigenvalue weighted by atomic mass is 10.1. The van der Waals surface area contributed by atoms with E-state index in [2.05, 4.69) is 24.9 Å². The summed E-state index contributed by atoms with van der Waals surface area (Å²) >= 11 is 0. The van der Waals surface area contributed by atoms with Crippen molar-refractivity contribution >= 4 is 11.3 Å². The molecule has 0 unspecified atom stereocenters. The molecule has 2 aromatic heterocycles. The molecule has 2 heterocycles. The second-order valence-electron chi connectivity index (χ2n) is 4.32. The van der Waals surface area contributed by atoms with Gasteiger partial charge in [-0.25, -0.2) is 14.0 Å². The predicted octanol–water partition coefficient (Wildman–Crippen LogP) is 1.43. The molecule has 21 heavy (non-hydrogen) atoms. The molecule has 0 saturated carbocycles. The lowest BCUT2D eigenvalue weighted by Crippen LogP contribution is -2.15. The minimum atomic E-state index is -0.477. The monoisotopic (exact) mass is 290 g/mol. The van der Waals surface area contributed by atoms with E-state index < -0.39 is 11.4 Å². The first kappa shape index (κ1) is 13.2. The molecule has 0 spiro atoms. The zero-order chi connectivity index (χ0) is 14.8. The molecule has 0 bridgehead atoms. The minimum Gasteiger partial charge on any atom is -0.491 e. The number of hydrogen-bond acceptors (Lipinski definition) is 6. The maximum atomic E-state index is 13.8. The molecule has 0 saturated heterocycles. The molecule has 3 rings (SSSR count). The highest BCUT2D eigenvalue weighted by Gasteiger charge is 2.11. The molecule has 0 atom stereocenters. The lowest BCUT2D eigenvalue weighted by molar-refractivity contribution is 0.314. The van der Waals surface area contributed by atoms with E-state index in [0.29, 0.717) is 12.2 Å². The second kappa shape index (κ2) is 5.31. The third kappa shape index (κ3) is 2.60. The number of fused-ring (bicyclic) bond motifs is 1. The first-order valence-electron chi connectivity index (χ1n) is 6.30. The molecule has 0 aliphatic heterocycles. The van der Waals surface area contributed by atoms with Crippen LogP contribution in [0.5, 0.6) is 5.75 Å². The van der Waals surface area contributed by atoms with Gasteiger partial charge in [-0.3, -0.25) is 9.78 Å². The lowest BCUT2D eigenvalue weighted by Gasteiger charge is -2.06. The SMILES string of the molecule is CCOc1ccc(Cc2nc3nonc3[nH]c2=O)cc1F. The number of benzene rings is 1. The van der Waals surface area contributed by atoms with Crippen molar-refractivity contribution in [1.29, 1.82) is 0 Å². The fourth-order valence-electron chi connectivity index (χ4n) is 1.93. The van der Waals surface area contributed by atoms with Crippen LogP contribution in [0, 0.1) is 5.82 Å². The van der Waals surface area contributed by atoms with E-state index >= 15 is 0 Å². The zero-order valence-corrected chi connectivity index (χ0v) is 11.1. The standard InChI is InChI=1S/C13H11FN4O3/c1-2-20-10-4-3-7(5-8(10)14)6-9-13(19)16-12-11(15-9)17-21-18-12/h3-5H,2,6H2,1H3,(H,16,18,19). The summed E-state index contributed by atoms with van der Waals surface area (Å²) in [5.41, 5.74) is 0.789. The quantitative estimate of drug-likeness (QED) is 0.781. The van der Waals surface area contributed by atoms with Gasteiger partial charge in [-0.15, -0.1) is 0 Å². The smallest absolute Gasteiger partial charge is 0.271 e.